The van der Waals surface area contributed by atoms with E-state index in [2.05, 4.69) is 20.2 Å². The Balaban J connectivity index is 1.48. The van der Waals surface area contributed by atoms with E-state index in [0.717, 1.165) is 11.1 Å². The standard InChI is InChI=1S/C22H17ClN4O3S2/c1-14-5-11-19(12-6-14)32(29,30)27-18-4-2-3-16(13-18)20(28)24-22-26-25-21(31-22)15-7-9-17(23)10-8-15/h2-13,27H,1H3,(H,24,26,28). The van der Waals surface area contributed by atoms with Gasteiger partial charge in [-0.15, -0.1) is 10.2 Å². The lowest BCUT2D eigenvalue weighted by Gasteiger charge is -2.09. The number of benzene rings is 3. The van der Waals surface area contributed by atoms with Crippen LogP contribution in [0.2, 0.25) is 5.02 Å². The maximum absolute atomic E-state index is 12.7. The van der Waals surface area contributed by atoms with Crippen LogP contribution < -0.4 is 10.0 Å². The van der Waals surface area contributed by atoms with Gasteiger partial charge in [-0.2, -0.15) is 0 Å². The Kier molecular flexibility index (Phi) is 6.22. The molecular weight excluding hydrogens is 468 g/mol. The van der Waals surface area contributed by atoms with Crippen molar-refractivity contribution in [1.29, 1.82) is 0 Å². The fourth-order valence-corrected chi connectivity index (χ4v) is 4.73. The molecule has 2 N–H and O–H groups in total. The van der Waals surface area contributed by atoms with Crippen LogP contribution in [-0.2, 0) is 10.0 Å². The predicted octanol–water partition coefficient (Wildman–Crippen LogP) is 5.22. The van der Waals surface area contributed by atoms with E-state index in [9.17, 15) is 13.2 Å². The second-order valence-electron chi connectivity index (χ2n) is 6.87. The maximum atomic E-state index is 12.7. The lowest BCUT2D eigenvalue weighted by molar-refractivity contribution is 0.102. The summed E-state index contributed by atoms with van der Waals surface area (Å²) in [6.07, 6.45) is 0. The molecule has 0 aliphatic carbocycles. The number of sulfonamides is 1. The average Bonchev–Trinajstić information content (AvgIpc) is 3.23. The third-order valence-electron chi connectivity index (χ3n) is 4.44. The molecule has 3 aromatic carbocycles. The van der Waals surface area contributed by atoms with Crippen LogP contribution in [0.4, 0.5) is 10.8 Å². The van der Waals surface area contributed by atoms with E-state index >= 15 is 0 Å². The van der Waals surface area contributed by atoms with Gasteiger partial charge >= 0.3 is 0 Å². The van der Waals surface area contributed by atoms with E-state index in [0.29, 0.717) is 15.2 Å². The number of rotatable bonds is 6. The summed E-state index contributed by atoms with van der Waals surface area (Å²) in [6, 6.07) is 19.9. The minimum atomic E-state index is -3.77. The van der Waals surface area contributed by atoms with E-state index in [1.807, 2.05) is 19.1 Å². The fraction of sp³-hybridized carbons (Fsp3) is 0.0455. The van der Waals surface area contributed by atoms with Gasteiger partial charge in [0.05, 0.1) is 4.90 Å². The molecule has 0 saturated heterocycles. The van der Waals surface area contributed by atoms with Gasteiger partial charge in [0.15, 0.2) is 0 Å². The lowest BCUT2D eigenvalue weighted by atomic mass is 10.2. The van der Waals surface area contributed by atoms with E-state index in [1.54, 1.807) is 42.5 Å². The van der Waals surface area contributed by atoms with Gasteiger partial charge in [0.25, 0.3) is 15.9 Å². The first kappa shape index (κ1) is 21.9. The van der Waals surface area contributed by atoms with Crippen molar-refractivity contribution in [3.63, 3.8) is 0 Å². The Morgan fingerprint density at radius 1 is 0.969 bits per heavy atom. The number of carbonyl (C=O) groups is 1. The second kappa shape index (κ2) is 9.07. The van der Waals surface area contributed by atoms with Crippen molar-refractivity contribution in [3.05, 3.63) is 88.9 Å². The van der Waals surface area contributed by atoms with E-state index < -0.39 is 15.9 Å². The van der Waals surface area contributed by atoms with Crippen molar-refractivity contribution < 1.29 is 13.2 Å². The number of hydrogen-bond donors (Lipinski definition) is 2. The molecule has 0 radical (unpaired) electrons. The number of carbonyl (C=O) groups excluding carboxylic acids is 1. The minimum absolute atomic E-state index is 0.140. The van der Waals surface area contributed by atoms with Crippen LogP contribution in [0.3, 0.4) is 0 Å². The van der Waals surface area contributed by atoms with E-state index in [-0.39, 0.29) is 16.1 Å². The first-order valence-corrected chi connectivity index (χ1v) is 12.1. The van der Waals surface area contributed by atoms with Crippen molar-refractivity contribution in [2.45, 2.75) is 11.8 Å². The van der Waals surface area contributed by atoms with Crippen LogP contribution in [0.1, 0.15) is 15.9 Å². The first-order valence-electron chi connectivity index (χ1n) is 9.40. The Labute approximate surface area is 194 Å². The molecule has 1 heterocycles. The molecule has 10 heteroatoms. The van der Waals surface area contributed by atoms with Crippen LogP contribution >= 0.6 is 22.9 Å². The lowest BCUT2D eigenvalue weighted by Crippen LogP contribution is -2.15. The summed E-state index contributed by atoms with van der Waals surface area (Å²) in [5.74, 6) is -0.430. The summed E-state index contributed by atoms with van der Waals surface area (Å²) in [7, 11) is -3.77. The monoisotopic (exact) mass is 484 g/mol. The Morgan fingerprint density at radius 3 is 2.41 bits per heavy atom. The number of halogens is 1. The molecule has 0 aliphatic heterocycles. The number of nitrogens with one attached hydrogen (secondary N) is 2. The van der Waals surface area contributed by atoms with Crippen LogP contribution in [0, 0.1) is 6.92 Å². The van der Waals surface area contributed by atoms with Crippen molar-refractivity contribution in [1.82, 2.24) is 10.2 Å². The first-order chi connectivity index (χ1) is 15.3. The molecule has 0 saturated carbocycles. The number of hydrogen-bond acceptors (Lipinski definition) is 6. The summed E-state index contributed by atoms with van der Waals surface area (Å²) < 4.78 is 27.7. The molecule has 4 rings (SSSR count). The second-order valence-corrected chi connectivity index (χ2v) is 9.97. The van der Waals surface area contributed by atoms with Gasteiger partial charge in [-0.05, 0) is 49.4 Å². The van der Waals surface area contributed by atoms with Gasteiger partial charge in [0.1, 0.15) is 5.01 Å². The molecule has 0 unspecified atom stereocenters. The Hall–Kier alpha value is -3.27. The number of amides is 1. The van der Waals surface area contributed by atoms with Gasteiger partial charge in [0.2, 0.25) is 5.13 Å². The van der Waals surface area contributed by atoms with Crippen molar-refractivity contribution in [2.24, 2.45) is 0 Å². The quantitative estimate of drug-likeness (QED) is 0.390. The van der Waals surface area contributed by atoms with Gasteiger partial charge in [-0.3, -0.25) is 14.8 Å². The number of aromatic nitrogens is 2. The largest absolute Gasteiger partial charge is 0.296 e. The normalized spacial score (nSPS) is 11.2. The number of anilines is 2. The van der Waals surface area contributed by atoms with Crippen LogP contribution in [0.5, 0.6) is 0 Å². The van der Waals surface area contributed by atoms with Crippen LogP contribution in [-0.4, -0.2) is 24.5 Å². The topological polar surface area (TPSA) is 101 Å². The zero-order valence-corrected chi connectivity index (χ0v) is 19.1. The highest BCUT2D eigenvalue weighted by molar-refractivity contribution is 7.92. The average molecular weight is 485 g/mol. The van der Waals surface area contributed by atoms with E-state index in [1.165, 1.54) is 29.5 Å². The summed E-state index contributed by atoms with van der Waals surface area (Å²) in [6.45, 7) is 1.88. The molecule has 4 aromatic rings. The minimum Gasteiger partial charge on any atom is -0.296 e. The molecule has 162 valence electrons. The molecule has 1 aromatic heterocycles. The maximum Gasteiger partial charge on any atom is 0.261 e. The zero-order valence-electron chi connectivity index (χ0n) is 16.7. The number of nitrogens with zero attached hydrogens (tertiary/aromatic N) is 2. The summed E-state index contributed by atoms with van der Waals surface area (Å²) >= 11 is 7.12. The molecule has 0 bridgehead atoms. The van der Waals surface area contributed by atoms with Gasteiger partial charge in [0, 0.05) is 21.8 Å². The highest BCUT2D eigenvalue weighted by atomic mass is 35.5. The highest BCUT2D eigenvalue weighted by Gasteiger charge is 2.16. The zero-order chi connectivity index (χ0) is 22.7. The Morgan fingerprint density at radius 2 is 1.69 bits per heavy atom. The molecule has 0 aliphatic rings. The van der Waals surface area contributed by atoms with Gasteiger partial charge < -0.3 is 0 Å². The van der Waals surface area contributed by atoms with Crippen molar-refractivity contribution in [3.8, 4) is 10.6 Å². The molecule has 1 amide bonds. The fourth-order valence-electron chi connectivity index (χ4n) is 2.81. The molecule has 0 atom stereocenters. The van der Waals surface area contributed by atoms with Crippen LogP contribution in [0.15, 0.2) is 77.7 Å². The molecule has 7 nitrogen and oxygen atoms in total. The third kappa shape index (κ3) is 5.13. The number of aryl methyl sites for hydroxylation is 1. The molecule has 0 spiro atoms. The summed E-state index contributed by atoms with van der Waals surface area (Å²) in [5.41, 5.74) is 2.34. The molecule has 32 heavy (non-hydrogen) atoms. The smallest absolute Gasteiger partial charge is 0.261 e. The third-order valence-corrected chi connectivity index (χ3v) is 6.98. The molecule has 0 fully saturated rings. The van der Waals surface area contributed by atoms with Crippen LogP contribution in [0.25, 0.3) is 10.6 Å². The highest BCUT2D eigenvalue weighted by Crippen LogP contribution is 2.27. The SMILES string of the molecule is Cc1ccc(S(=O)(=O)Nc2cccc(C(=O)Nc3nnc(-c4ccc(Cl)cc4)s3)c2)cc1. The molecular formula is C22H17ClN4O3S2. The Bertz CT molecular complexity index is 1370. The summed E-state index contributed by atoms with van der Waals surface area (Å²) in [4.78, 5) is 12.8. The summed E-state index contributed by atoms with van der Waals surface area (Å²) in [5, 5.41) is 12.4. The predicted molar refractivity (Wildman–Crippen MR) is 127 cm³/mol. The van der Waals surface area contributed by atoms with Gasteiger partial charge in [-0.25, -0.2) is 8.42 Å². The van der Waals surface area contributed by atoms with Crippen molar-refractivity contribution >= 4 is 49.7 Å². The van der Waals surface area contributed by atoms with Gasteiger partial charge in [-0.1, -0.05) is 58.8 Å². The van der Waals surface area contributed by atoms with Crippen molar-refractivity contribution in [2.75, 3.05) is 10.0 Å². The van der Waals surface area contributed by atoms with E-state index in [4.69, 9.17) is 11.6 Å².